The number of hydrogen-bond donors (Lipinski definition) is 1. The Balaban J connectivity index is 2.20. The van der Waals surface area contributed by atoms with Gasteiger partial charge in [-0.1, -0.05) is 39.7 Å². The van der Waals surface area contributed by atoms with Crippen LogP contribution in [0.4, 0.5) is 0 Å². The van der Waals surface area contributed by atoms with Gasteiger partial charge in [0.1, 0.15) is 0 Å². The van der Waals surface area contributed by atoms with Crippen LogP contribution in [0, 0.1) is 11.3 Å². The summed E-state index contributed by atoms with van der Waals surface area (Å²) in [7, 11) is 0. The molecule has 0 saturated heterocycles. The maximum absolute atomic E-state index is 3.99. The minimum Gasteiger partial charge on any atom is -0.313 e. The molecule has 0 aliphatic heterocycles. The minimum absolute atomic E-state index is 0.303. The molecule has 1 nitrogen and oxygen atoms in total. The van der Waals surface area contributed by atoms with Gasteiger partial charge in [-0.05, 0) is 30.6 Å². The summed E-state index contributed by atoms with van der Waals surface area (Å²) in [5.41, 5.74) is 0.303. The Morgan fingerprint density at radius 3 is 2.60 bits per heavy atom. The van der Waals surface area contributed by atoms with Gasteiger partial charge < -0.3 is 5.32 Å². The molecule has 1 heteroatoms. The van der Waals surface area contributed by atoms with E-state index in [4.69, 9.17) is 0 Å². The molecule has 1 aliphatic carbocycles. The first-order chi connectivity index (χ1) is 7.06. The zero-order chi connectivity index (χ0) is 11.3. The monoisotopic (exact) mass is 209 g/mol. The van der Waals surface area contributed by atoms with E-state index in [1.165, 1.54) is 32.1 Å². The molecule has 1 N–H and O–H groups in total. The van der Waals surface area contributed by atoms with Crippen LogP contribution in [0.2, 0.25) is 0 Å². The third-order valence-corrected chi connectivity index (χ3v) is 3.39. The average Bonchev–Trinajstić information content (AvgIpc) is 2.98. The van der Waals surface area contributed by atoms with Crippen molar-refractivity contribution in [2.24, 2.45) is 11.3 Å². The maximum Gasteiger partial charge on any atom is 0.00685 e. The first-order valence-corrected chi connectivity index (χ1v) is 6.43. The number of rotatable bonds is 8. The van der Waals surface area contributed by atoms with Crippen molar-refractivity contribution in [3.63, 3.8) is 0 Å². The van der Waals surface area contributed by atoms with Crippen molar-refractivity contribution >= 4 is 0 Å². The van der Waals surface area contributed by atoms with Gasteiger partial charge in [-0.3, -0.25) is 0 Å². The highest BCUT2D eigenvalue weighted by Gasteiger charge is 2.25. The zero-order valence-electron chi connectivity index (χ0n) is 10.7. The highest BCUT2D eigenvalue weighted by Crippen LogP contribution is 2.28. The van der Waals surface area contributed by atoms with Crippen LogP contribution in [0.25, 0.3) is 0 Å². The predicted molar refractivity (Wildman–Crippen MR) is 68.0 cm³/mol. The molecule has 0 aromatic rings. The molecule has 1 saturated carbocycles. The summed E-state index contributed by atoms with van der Waals surface area (Å²) in [6, 6.07) is 0.814. The smallest absolute Gasteiger partial charge is 0.00685 e. The molecule has 1 atom stereocenters. The summed E-state index contributed by atoms with van der Waals surface area (Å²) >= 11 is 0. The van der Waals surface area contributed by atoms with Gasteiger partial charge in [0.05, 0.1) is 0 Å². The van der Waals surface area contributed by atoms with Gasteiger partial charge in [0.25, 0.3) is 0 Å². The summed E-state index contributed by atoms with van der Waals surface area (Å²) < 4.78 is 0. The first kappa shape index (κ1) is 12.8. The number of nitrogens with one attached hydrogen (secondary N) is 1. The van der Waals surface area contributed by atoms with E-state index in [0.717, 1.165) is 18.5 Å². The van der Waals surface area contributed by atoms with Crippen LogP contribution in [0.15, 0.2) is 12.7 Å². The Morgan fingerprint density at radius 1 is 1.47 bits per heavy atom. The van der Waals surface area contributed by atoms with Gasteiger partial charge in [-0.15, -0.1) is 6.58 Å². The third-order valence-electron chi connectivity index (χ3n) is 3.39. The molecule has 1 aliphatic rings. The van der Waals surface area contributed by atoms with Crippen LogP contribution in [-0.4, -0.2) is 12.6 Å². The molecule has 0 spiro atoms. The molecule has 15 heavy (non-hydrogen) atoms. The van der Waals surface area contributed by atoms with Crippen molar-refractivity contribution in [3.05, 3.63) is 12.7 Å². The van der Waals surface area contributed by atoms with Crippen LogP contribution in [0.3, 0.4) is 0 Å². The van der Waals surface area contributed by atoms with E-state index in [2.05, 4.69) is 38.7 Å². The van der Waals surface area contributed by atoms with Gasteiger partial charge in [-0.25, -0.2) is 0 Å². The van der Waals surface area contributed by atoms with Crippen LogP contribution >= 0.6 is 0 Å². The highest BCUT2D eigenvalue weighted by atomic mass is 15.0. The molecular formula is C14H27N. The van der Waals surface area contributed by atoms with Crippen molar-refractivity contribution in [2.75, 3.05) is 6.54 Å². The Morgan fingerprint density at radius 2 is 2.13 bits per heavy atom. The highest BCUT2D eigenvalue weighted by molar-refractivity contribution is 4.95. The van der Waals surface area contributed by atoms with Gasteiger partial charge >= 0.3 is 0 Å². The minimum atomic E-state index is 0.303. The second-order valence-corrected chi connectivity index (χ2v) is 5.80. The van der Waals surface area contributed by atoms with Crippen molar-refractivity contribution in [2.45, 2.75) is 58.9 Å². The largest absolute Gasteiger partial charge is 0.313 e. The molecule has 0 aromatic carbocycles. The lowest BCUT2D eigenvalue weighted by atomic mass is 9.84. The standard InChI is InChI=1S/C14H27N/c1-5-14(4,10-6-7-12(2)3)11-15-13-8-9-13/h5,12-13,15H,1,6-11H2,2-4H3. The molecule has 1 unspecified atom stereocenters. The second kappa shape index (κ2) is 5.69. The summed E-state index contributed by atoms with van der Waals surface area (Å²) in [6.07, 6.45) is 8.83. The molecule has 88 valence electrons. The Labute approximate surface area is 95.3 Å². The fourth-order valence-corrected chi connectivity index (χ4v) is 1.84. The Hall–Kier alpha value is -0.300. The Bertz CT molecular complexity index is 194. The summed E-state index contributed by atoms with van der Waals surface area (Å²) in [5.74, 6) is 0.829. The van der Waals surface area contributed by atoms with Gasteiger partial charge in [0.15, 0.2) is 0 Å². The molecule has 1 rings (SSSR count). The van der Waals surface area contributed by atoms with Crippen molar-refractivity contribution in [1.29, 1.82) is 0 Å². The van der Waals surface area contributed by atoms with E-state index in [1.807, 2.05) is 0 Å². The number of hydrogen-bond acceptors (Lipinski definition) is 1. The molecule has 0 bridgehead atoms. The normalized spacial score (nSPS) is 20.3. The Kier molecular flexibility index (Phi) is 4.85. The lowest BCUT2D eigenvalue weighted by molar-refractivity contribution is 0.339. The quantitative estimate of drug-likeness (QED) is 0.600. The van der Waals surface area contributed by atoms with Gasteiger partial charge in [-0.2, -0.15) is 0 Å². The molecule has 0 radical (unpaired) electrons. The van der Waals surface area contributed by atoms with Crippen LogP contribution in [0.1, 0.15) is 52.9 Å². The van der Waals surface area contributed by atoms with Gasteiger partial charge in [0, 0.05) is 12.6 Å². The van der Waals surface area contributed by atoms with Crippen LogP contribution in [0.5, 0.6) is 0 Å². The van der Waals surface area contributed by atoms with Gasteiger partial charge in [0.2, 0.25) is 0 Å². The molecule has 0 heterocycles. The zero-order valence-corrected chi connectivity index (χ0v) is 10.7. The molecular weight excluding hydrogens is 182 g/mol. The van der Waals surface area contributed by atoms with E-state index in [9.17, 15) is 0 Å². The lowest BCUT2D eigenvalue weighted by Gasteiger charge is -2.26. The van der Waals surface area contributed by atoms with Crippen LogP contribution < -0.4 is 5.32 Å². The lowest BCUT2D eigenvalue weighted by Crippen LogP contribution is -2.31. The fourth-order valence-electron chi connectivity index (χ4n) is 1.84. The van der Waals surface area contributed by atoms with E-state index in [1.54, 1.807) is 0 Å². The van der Waals surface area contributed by atoms with E-state index in [0.29, 0.717) is 5.41 Å². The average molecular weight is 209 g/mol. The molecule has 0 aromatic heterocycles. The summed E-state index contributed by atoms with van der Waals surface area (Å²) in [6.45, 7) is 12.0. The van der Waals surface area contributed by atoms with E-state index < -0.39 is 0 Å². The first-order valence-electron chi connectivity index (χ1n) is 6.43. The predicted octanol–water partition coefficient (Wildman–Crippen LogP) is 3.76. The van der Waals surface area contributed by atoms with Crippen molar-refractivity contribution in [1.82, 2.24) is 5.32 Å². The molecule has 0 amide bonds. The molecule has 1 fully saturated rings. The van der Waals surface area contributed by atoms with Crippen molar-refractivity contribution < 1.29 is 0 Å². The van der Waals surface area contributed by atoms with E-state index in [-0.39, 0.29) is 0 Å². The fraction of sp³-hybridized carbons (Fsp3) is 0.857. The van der Waals surface area contributed by atoms with E-state index >= 15 is 0 Å². The van der Waals surface area contributed by atoms with Crippen LogP contribution in [-0.2, 0) is 0 Å². The van der Waals surface area contributed by atoms with Crippen molar-refractivity contribution in [3.8, 4) is 0 Å². The topological polar surface area (TPSA) is 12.0 Å². The maximum atomic E-state index is 3.99. The summed E-state index contributed by atoms with van der Waals surface area (Å²) in [5, 5.41) is 3.61. The third kappa shape index (κ3) is 5.36. The summed E-state index contributed by atoms with van der Waals surface area (Å²) in [4.78, 5) is 0. The SMILES string of the molecule is C=CC(C)(CCCC(C)C)CNC1CC1. The second-order valence-electron chi connectivity index (χ2n) is 5.80.